The molecule has 0 aromatic heterocycles. The van der Waals surface area contributed by atoms with E-state index in [4.69, 9.17) is 10.8 Å². The van der Waals surface area contributed by atoms with Crippen LogP contribution in [0, 0.1) is 0 Å². The zero-order valence-corrected chi connectivity index (χ0v) is 9.44. The number of β-lactam (4-membered cyclic amide) rings is 1. The summed E-state index contributed by atoms with van der Waals surface area (Å²) in [6, 6.07) is 0. The Morgan fingerprint density at radius 1 is 1.73 bits per heavy atom. The molecule has 15 heavy (non-hydrogen) atoms. The lowest BCUT2D eigenvalue weighted by Crippen LogP contribution is -2.48. The molecule has 1 saturated heterocycles. The second kappa shape index (κ2) is 4.07. The number of thioether (sulfide) groups is 2. The Kier molecular flexibility index (Phi) is 2.94. The van der Waals surface area contributed by atoms with Gasteiger partial charge >= 0.3 is 5.97 Å². The number of rotatable bonds is 4. The third-order valence-corrected chi connectivity index (χ3v) is 4.73. The van der Waals surface area contributed by atoms with E-state index in [1.165, 1.54) is 28.4 Å². The molecule has 0 aromatic carbocycles. The van der Waals surface area contributed by atoms with E-state index >= 15 is 0 Å². The van der Waals surface area contributed by atoms with Gasteiger partial charge in [0, 0.05) is 12.3 Å². The monoisotopic (exact) mass is 246 g/mol. The Morgan fingerprint density at radius 2 is 2.47 bits per heavy atom. The summed E-state index contributed by atoms with van der Waals surface area (Å²) in [7, 11) is 0. The average molecular weight is 246 g/mol. The second-order valence-electron chi connectivity index (χ2n) is 3.12. The molecule has 1 fully saturated rings. The minimum Gasteiger partial charge on any atom is -0.477 e. The van der Waals surface area contributed by atoms with E-state index in [2.05, 4.69) is 0 Å². The van der Waals surface area contributed by atoms with Gasteiger partial charge in [-0.1, -0.05) is 11.8 Å². The van der Waals surface area contributed by atoms with Crippen molar-refractivity contribution in [3.05, 3.63) is 9.93 Å². The zero-order valence-electron chi connectivity index (χ0n) is 7.80. The molecule has 0 aliphatic carbocycles. The Bertz CT molecular complexity index is 356. The van der Waals surface area contributed by atoms with Crippen molar-refractivity contribution < 1.29 is 14.7 Å². The molecule has 82 valence electrons. The van der Waals surface area contributed by atoms with Gasteiger partial charge in [-0.05, 0) is 0 Å². The first-order valence-corrected chi connectivity index (χ1v) is 6.31. The fourth-order valence-corrected chi connectivity index (χ4v) is 4.05. The first-order valence-electron chi connectivity index (χ1n) is 4.44. The Hall–Kier alpha value is -0.660. The maximum absolute atomic E-state index is 11.2. The predicted octanol–water partition coefficient (Wildman–Crippen LogP) is 0.237. The molecule has 0 bridgehead atoms. The number of amides is 1. The van der Waals surface area contributed by atoms with Gasteiger partial charge in [0.1, 0.15) is 0 Å². The van der Waals surface area contributed by atoms with Gasteiger partial charge in [0.25, 0.3) is 0 Å². The van der Waals surface area contributed by atoms with Gasteiger partial charge < -0.3 is 10.8 Å². The standard InChI is InChI=1S/C8H10N2O3S2/c9-1-2-14-8-6(7(12)13)10-4(11)3-5(10)15-8/h5H,1-3,9H2,(H,12,13)/t5-/m1/s1. The van der Waals surface area contributed by atoms with Gasteiger partial charge in [0.15, 0.2) is 5.70 Å². The summed E-state index contributed by atoms with van der Waals surface area (Å²) in [6.07, 6.45) is 0.439. The van der Waals surface area contributed by atoms with Crippen LogP contribution in [0.25, 0.3) is 0 Å². The number of aliphatic carboxylic acids is 1. The average Bonchev–Trinajstić information content (AvgIpc) is 2.47. The van der Waals surface area contributed by atoms with Crippen molar-refractivity contribution in [1.29, 1.82) is 0 Å². The number of carbonyl (C=O) groups excluding carboxylic acids is 1. The van der Waals surface area contributed by atoms with Crippen LogP contribution in [0.2, 0.25) is 0 Å². The van der Waals surface area contributed by atoms with E-state index in [1.54, 1.807) is 0 Å². The van der Waals surface area contributed by atoms with Crippen molar-refractivity contribution in [2.24, 2.45) is 5.73 Å². The summed E-state index contributed by atoms with van der Waals surface area (Å²) >= 11 is 2.86. The lowest BCUT2D eigenvalue weighted by molar-refractivity contribution is -0.145. The summed E-state index contributed by atoms with van der Waals surface area (Å²) in [6.45, 7) is 0.500. The van der Waals surface area contributed by atoms with E-state index in [0.29, 0.717) is 23.0 Å². The molecule has 0 unspecified atom stereocenters. The molecule has 1 atom stereocenters. The van der Waals surface area contributed by atoms with Gasteiger partial charge in [0.05, 0.1) is 16.0 Å². The molecule has 1 amide bonds. The van der Waals surface area contributed by atoms with Crippen LogP contribution in [0.5, 0.6) is 0 Å². The highest BCUT2D eigenvalue weighted by Gasteiger charge is 2.48. The highest BCUT2D eigenvalue weighted by molar-refractivity contribution is 8.22. The van der Waals surface area contributed by atoms with Crippen molar-refractivity contribution in [2.45, 2.75) is 11.8 Å². The van der Waals surface area contributed by atoms with Crippen molar-refractivity contribution in [2.75, 3.05) is 12.3 Å². The molecule has 7 heteroatoms. The Balaban J connectivity index is 2.19. The van der Waals surface area contributed by atoms with E-state index in [0.717, 1.165) is 0 Å². The molecular formula is C8H10N2O3S2. The quantitative estimate of drug-likeness (QED) is 0.691. The van der Waals surface area contributed by atoms with Crippen LogP contribution >= 0.6 is 23.5 Å². The Morgan fingerprint density at radius 3 is 3.00 bits per heavy atom. The third kappa shape index (κ3) is 1.75. The molecule has 2 heterocycles. The number of carboxylic acid groups (broad SMARTS) is 1. The lowest BCUT2D eigenvalue weighted by atomic mass is 10.2. The highest BCUT2D eigenvalue weighted by atomic mass is 32.2. The first-order chi connectivity index (χ1) is 7.15. The van der Waals surface area contributed by atoms with Crippen LogP contribution < -0.4 is 5.73 Å². The molecule has 0 saturated carbocycles. The highest BCUT2D eigenvalue weighted by Crippen LogP contribution is 2.50. The van der Waals surface area contributed by atoms with Crippen LogP contribution in [0.1, 0.15) is 6.42 Å². The summed E-state index contributed by atoms with van der Waals surface area (Å²) < 4.78 is 0.712. The minimum absolute atomic E-state index is 0.00359. The number of hydrogen-bond donors (Lipinski definition) is 2. The summed E-state index contributed by atoms with van der Waals surface area (Å²) in [4.78, 5) is 23.6. The van der Waals surface area contributed by atoms with Crippen LogP contribution in [0.15, 0.2) is 9.93 Å². The maximum atomic E-state index is 11.2. The van der Waals surface area contributed by atoms with E-state index in [1.807, 2.05) is 0 Å². The SMILES string of the molecule is NCCSC1=C(C(=O)O)N2C(=O)C[C@H]2S1. The fraction of sp³-hybridized carbons (Fsp3) is 0.500. The lowest BCUT2D eigenvalue weighted by Gasteiger charge is -2.33. The van der Waals surface area contributed by atoms with Crippen molar-refractivity contribution in [3.8, 4) is 0 Å². The van der Waals surface area contributed by atoms with Crippen LogP contribution in [0.4, 0.5) is 0 Å². The normalized spacial score (nSPS) is 24.2. The van der Waals surface area contributed by atoms with E-state index < -0.39 is 5.97 Å². The van der Waals surface area contributed by atoms with Crippen molar-refractivity contribution in [3.63, 3.8) is 0 Å². The third-order valence-electron chi connectivity index (χ3n) is 2.14. The summed E-state index contributed by atoms with van der Waals surface area (Å²) in [5.41, 5.74) is 5.50. The second-order valence-corrected chi connectivity index (χ2v) is 5.67. The molecule has 5 nitrogen and oxygen atoms in total. The topological polar surface area (TPSA) is 83.6 Å². The molecule has 0 radical (unpaired) electrons. The smallest absolute Gasteiger partial charge is 0.354 e. The van der Waals surface area contributed by atoms with Crippen LogP contribution in [0.3, 0.4) is 0 Å². The molecule has 2 aliphatic rings. The number of hydrogen-bond acceptors (Lipinski definition) is 5. The molecular weight excluding hydrogens is 236 g/mol. The predicted molar refractivity (Wildman–Crippen MR) is 59.0 cm³/mol. The van der Waals surface area contributed by atoms with Gasteiger partial charge in [-0.25, -0.2) is 4.79 Å². The van der Waals surface area contributed by atoms with Gasteiger partial charge in [-0.3, -0.25) is 9.69 Å². The van der Waals surface area contributed by atoms with E-state index in [9.17, 15) is 9.59 Å². The number of nitrogens with two attached hydrogens (primary N) is 1. The number of fused-ring (bicyclic) bond motifs is 1. The fourth-order valence-electron chi connectivity index (χ4n) is 1.47. The van der Waals surface area contributed by atoms with Gasteiger partial charge in [-0.15, -0.1) is 11.8 Å². The number of carboxylic acids is 1. The number of carbonyl (C=O) groups is 2. The molecule has 0 spiro atoms. The minimum atomic E-state index is -1.03. The molecule has 2 rings (SSSR count). The van der Waals surface area contributed by atoms with Gasteiger partial charge in [0.2, 0.25) is 5.91 Å². The number of nitrogens with zero attached hydrogens (tertiary/aromatic N) is 1. The summed E-state index contributed by atoms with van der Waals surface area (Å²) in [5.74, 6) is -0.459. The largest absolute Gasteiger partial charge is 0.477 e. The van der Waals surface area contributed by atoms with Gasteiger partial charge in [-0.2, -0.15) is 0 Å². The molecule has 3 N–H and O–H groups in total. The molecule has 2 aliphatic heterocycles. The summed E-state index contributed by atoms with van der Waals surface area (Å²) in [5, 5.41) is 9.02. The van der Waals surface area contributed by atoms with Crippen LogP contribution in [-0.2, 0) is 9.59 Å². The van der Waals surface area contributed by atoms with Crippen molar-refractivity contribution in [1.82, 2.24) is 4.90 Å². The maximum Gasteiger partial charge on any atom is 0.354 e. The van der Waals surface area contributed by atoms with E-state index in [-0.39, 0.29) is 17.0 Å². The van der Waals surface area contributed by atoms with Crippen LogP contribution in [-0.4, -0.2) is 39.6 Å². The Labute approximate surface area is 95.1 Å². The zero-order chi connectivity index (χ0) is 11.0. The molecule has 0 aromatic rings. The van der Waals surface area contributed by atoms with Crippen molar-refractivity contribution >= 4 is 35.4 Å². The first kappa shape index (κ1) is 10.8.